The maximum absolute atomic E-state index is 11.2. The second-order valence-corrected chi connectivity index (χ2v) is 5.47. The predicted octanol–water partition coefficient (Wildman–Crippen LogP) is 2.69. The van der Waals surface area contributed by atoms with Gasteiger partial charge in [-0.25, -0.2) is 9.78 Å². The molecule has 2 amide bonds. The highest BCUT2D eigenvalue weighted by Gasteiger charge is 2.22. The number of aryl methyl sites for hydroxylation is 1. The van der Waals surface area contributed by atoms with Crippen molar-refractivity contribution in [3.63, 3.8) is 0 Å². The molecule has 0 spiro atoms. The van der Waals surface area contributed by atoms with E-state index in [4.69, 9.17) is 10.2 Å². The van der Waals surface area contributed by atoms with Gasteiger partial charge in [-0.3, -0.25) is 4.98 Å². The van der Waals surface area contributed by atoms with Crippen LogP contribution in [0.15, 0.2) is 47.0 Å². The molecule has 0 atom stereocenters. The summed E-state index contributed by atoms with van der Waals surface area (Å²) in [6.45, 7) is 2.40. The van der Waals surface area contributed by atoms with Gasteiger partial charge in [-0.05, 0) is 30.3 Å². The molecule has 1 aliphatic heterocycles. The first-order valence-corrected chi connectivity index (χ1v) is 7.48. The third-order valence-corrected chi connectivity index (χ3v) is 3.86. The van der Waals surface area contributed by atoms with E-state index in [1.165, 1.54) is 0 Å². The van der Waals surface area contributed by atoms with E-state index in [1.54, 1.807) is 6.20 Å². The lowest BCUT2D eigenvalue weighted by atomic mass is 10.1. The van der Waals surface area contributed by atoms with Crippen LogP contribution in [-0.4, -0.2) is 22.5 Å². The second kappa shape index (κ2) is 5.38. The van der Waals surface area contributed by atoms with Crippen LogP contribution in [0, 0.1) is 6.92 Å². The summed E-state index contributed by atoms with van der Waals surface area (Å²) in [6.07, 6.45) is 3.57. The zero-order chi connectivity index (χ0) is 16.7. The zero-order valence-electron chi connectivity index (χ0n) is 13.0. The van der Waals surface area contributed by atoms with Crippen molar-refractivity contribution in [2.45, 2.75) is 6.92 Å². The Labute approximate surface area is 137 Å². The number of nitrogens with two attached hydrogens (primary N) is 1. The number of pyridine rings is 1. The second-order valence-electron chi connectivity index (χ2n) is 5.47. The molecule has 120 valence electrons. The maximum Gasteiger partial charge on any atom is 0.316 e. The number of benzene rings is 1. The van der Waals surface area contributed by atoms with Crippen molar-refractivity contribution in [3.8, 4) is 0 Å². The van der Waals surface area contributed by atoms with Crippen LogP contribution in [0.5, 0.6) is 0 Å². The van der Waals surface area contributed by atoms with Crippen molar-refractivity contribution < 1.29 is 9.21 Å². The number of anilines is 2. The van der Waals surface area contributed by atoms with Crippen LogP contribution in [0.25, 0.3) is 16.8 Å². The molecule has 7 heteroatoms. The molecule has 0 aliphatic carbocycles. The van der Waals surface area contributed by atoms with Crippen LogP contribution in [0.1, 0.15) is 11.6 Å². The molecule has 3 heterocycles. The minimum absolute atomic E-state index is 0.576. The zero-order valence-corrected chi connectivity index (χ0v) is 13.0. The van der Waals surface area contributed by atoms with E-state index in [2.05, 4.69) is 20.2 Å². The van der Waals surface area contributed by atoms with Crippen molar-refractivity contribution in [1.82, 2.24) is 15.3 Å². The van der Waals surface area contributed by atoms with E-state index in [0.717, 1.165) is 22.5 Å². The van der Waals surface area contributed by atoms with Gasteiger partial charge >= 0.3 is 6.03 Å². The summed E-state index contributed by atoms with van der Waals surface area (Å²) in [5, 5.41) is 2.63. The highest BCUT2D eigenvalue weighted by Crippen LogP contribution is 2.35. The summed E-state index contributed by atoms with van der Waals surface area (Å²) >= 11 is 0. The molecule has 4 rings (SSSR count). The molecular formula is C17H15N5O2. The van der Waals surface area contributed by atoms with Gasteiger partial charge in [-0.15, -0.1) is 0 Å². The molecule has 0 unspecified atom stereocenters. The number of carbonyl (C=O) groups is 1. The molecule has 3 N–H and O–H groups in total. The normalized spacial score (nSPS) is 13.5. The van der Waals surface area contributed by atoms with E-state index in [0.29, 0.717) is 23.8 Å². The molecule has 0 saturated carbocycles. The highest BCUT2D eigenvalue weighted by molar-refractivity contribution is 5.90. The van der Waals surface area contributed by atoms with Gasteiger partial charge < -0.3 is 20.4 Å². The summed E-state index contributed by atoms with van der Waals surface area (Å²) in [5.74, 6) is 0.635. The van der Waals surface area contributed by atoms with E-state index in [-0.39, 0.29) is 0 Å². The predicted molar refractivity (Wildman–Crippen MR) is 90.7 cm³/mol. The number of aromatic nitrogens is 2. The van der Waals surface area contributed by atoms with Crippen molar-refractivity contribution >= 4 is 34.2 Å². The number of urea groups is 1. The minimum Gasteiger partial charge on any atom is -0.441 e. The monoisotopic (exact) mass is 321 g/mol. The van der Waals surface area contributed by atoms with Crippen LogP contribution in [-0.2, 0) is 0 Å². The highest BCUT2D eigenvalue weighted by atomic mass is 16.3. The summed E-state index contributed by atoms with van der Waals surface area (Å²) in [6, 6.07) is 9.07. The number of primary amides is 1. The molecule has 24 heavy (non-hydrogen) atoms. The van der Waals surface area contributed by atoms with E-state index in [1.807, 2.05) is 43.3 Å². The Morgan fingerprint density at radius 1 is 1.38 bits per heavy atom. The summed E-state index contributed by atoms with van der Waals surface area (Å²) in [7, 11) is 0. The molecule has 0 fully saturated rings. The van der Waals surface area contributed by atoms with E-state index < -0.39 is 6.03 Å². The maximum atomic E-state index is 11.2. The van der Waals surface area contributed by atoms with Gasteiger partial charge in [-0.2, -0.15) is 0 Å². The lowest BCUT2D eigenvalue weighted by Gasteiger charge is -2.29. The topological polar surface area (TPSA) is 97.3 Å². The van der Waals surface area contributed by atoms with Crippen LogP contribution < -0.4 is 16.0 Å². The molecule has 2 aromatic heterocycles. The molecule has 1 aliphatic rings. The first-order valence-electron chi connectivity index (χ1n) is 7.48. The van der Waals surface area contributed by atoms with Gasteiger partial charge in [0.05, 0.1) is 11.4 Å². The molecule has 7 nitrogen and oxygen atoms in total. The Balaban J connectivity index is 1.78. The molecule has 1 aromatic carbocycles. The fraction of sp³-hybridized carbons (Fsp3) is 0.118. The lowest BCUT2D eigenvalue weighted by Crippen LogP contribution is -2.32. The van der Waals surface area contributed by atoms with Gasteiger partial charge in [0, 0.05) is 31.4 Å². The fourth-order valence-corrected chi connectivity index (χ4v) is 2.88. The molecular weight excluding hydrogens is 306 g/mol. The van der Waals surface area contributed by atoms with Crippen molar-refractivity contribution in [2.24, 2.45) is 5.73 Å². The molecule has 3 aromatic rings. The average molecular weight is 321 g/mol. The number of rotatable bonds is 2. The van der Waals surface area contributed by atoms with Crippen LogP contribution in [0.2, 0.25) is 0 Å². The smallest absolute Gasteiger partial charge is 0.316 e. The quantitative estimate of drug-likeness (QED) is 0.756. The third kappa shape index (κ3) is 2.36. The number of carbonyl (C=O) groups excluding carboxylic acids is 1. The third-order valence-electron chi connectivity index (χ3n) is 3.86. The number of hydrogen-bond acceptors (Lipinski definition) is 5. The average Bonchev–Trinajstić information content (AvgIpc) is 2.94. The Hall–Kier alpha value is -3.35. The Kier molecular flexibility index (Phi) is 3.19. The number of oxazole rings is 1. The van der Waals surface area contributed by atoms with Gasteiger partial charge in [0.2, 0.25) is 0 Å². The first kappa shape index (κ1) is 14.3. The first-order chi connectivity index (χ1) is 11.6. The molecule has 0 saturated heterocycles. The minimum atomic E-state index is -0.607. The van der Waals surface area contributed by atoms with E-state index >= 15 is 0 Å². The van der Waals surface area contributed by atoms with Crippen molar-refractivity contribution in [1.29, 1.82) is 0 Å². The summed E-state index contributed by atoms with van der Waals surface area (Å²) in [4.78, 5) is 22.0. The largest absolute Gasteiger partial charge is 0.441 e. The summed E-state index contributed by atoms with van der Waals surface area (Å²) < 4.78 is 5.62. The van der Waals surface area contributed by atoms with Crippen molar-refractivity contribution in [3.05, 3.63) is 54.2 Å². The number of hydrogen-bond donors (Lipinski definition) is 2. The number of fused-ring (bicyclic) bond motifs is 2. The van der Waals surface area contributed by atoms with Gasteiger partial charge in [0.1, 0.15) is 11.2 Å². The SMILES string of the molecule is Cc1nc2ccc(N3CC=C(NC(N)=O)c4ncccc43)cc2o1. The van der Waals surface area contributed by atoms with Gasteiger partial charge in [0.25, 0.3) is 0 Å². The number of nitrogens with one attached hydrogen (secondary N) is 1. The van der Waals surface area contributed by atoms with Crippen LogP contribution in [0.4, 0.5) is 16.2 Å². The number of nitrogens with zero attached hydrogens (tertiary/aromatic N) is 3. The number of amides is 2. The Bertz CT molecular complexity index is 976. The van der Waals surface area contributed by atoms with Crippen LogP contribution >= 0.6 is 0 Å². The van der Waals surface area contributed by atoms with Crippen molar-refractivity contribution in [2.75, 3.05) is 11.4 Å². The van der Waals surface area contributed by atoms with Gasteiger partial charge in [-0.1, -0.05) is 0 Å². The lowest BCUT2D eigenvalue weighted by molar-refractivity contribution is 0.252. The molecule has 0 bridgehead atoms. The van der Waals surface area contributed by atoms with Gasteiger partial charge in [0.15, 0.2) is 11.5 Å². The summed E-state index contributed by atoms with van der Waals surface area (Å²) in [5.41, 5.74) is 9.94. The fourth-order valence-electron chi connectivity index (χ4n) is 2.88. The standard InChI is InChI=1S/C17H15N5O2/c1-10-20-12-5-4-11(9-15(12)24-10)22-8-6-13(21-17(18)23)16-14(22)3-2-7-19-16/h2-7,9H,8H2,1H3,(H3,18,21,23). The Morgan fingerprint density at radius 2 is 2.25 bits per heavy atom. The van der Waals surface area contributed by atoms with Crippen LogP contribution in [0.3, 0.4) is 0 Å². The Morgan fingerprint density at radius 3 is 3.08 bits per heavy atom. The van der Waals surface area contributed by atoms with E-state index in [9.17, 15) is 4.79 Å². The molecule has 0 radical (unpaired) electrons.